The fourth-order valence-corrected chi connectivity index (χ4v) is 3.53. The zero-order valence-electron chi connectivity index (χ0n) is 12.4. The van der Waals surface area contributed by atoms with Gasteiger partial charge in [-0.2, -0.15) is 0 Å². The Hall–Kier alpha value is -0.650. The fraction of sp³-hybridized carbons (Fsp3) is 0.714. The summed E-state index contributed by atoms with van der Waals surface area (Å²) in [6.45, 7) is 5.64. The molecule has 2 rings (SSSR count). The molecule has 6 heteroatoms. The quantitative estimate of drug-likeness (QED) is 0.896. The number of nitrogens with one attached hydrogen (secondary N) is 1. The summed E-state index contributed by atoms with van der Waals surface area (Å²) in [5.41, 5.74) is 6.08. The molecular weight excluding hydrogens is 294 g/mol. The van der Waals surface area contributed by atoms with Crippen LogP contribution in [0.2, 0.25) is 0 Å². The highest BCUT2D eigenvalue weighted by molar-refractivity contribution is 7.15. The SMILES string of the molecule is CCCC1CCc2nc(NC(=O)C(C)(C)N)sc2C1.Cl. The van der Waals surface area contributed by atoms with Crippen molar-refractivity contribution in [3.63, 3.8) is 0 Å². The predicted molar refractivity (Wildman–Crippen MR) is 86.7 cm³/mol. The van der Waals surface area contributed by atoms with Crippen molar-refractivity contribution in [3.05, 3.63) is 10.6 Å². The topological polar surface area (TPSA) is 68.0 Å². The van der Waals surface area contributed by atoms with Gasteiger partial charge >= 0.3 is 0 Å². The number of fused-ring (bicyclic) bond motifs is 1. The van der Waals surface area contributed by atoms with Crippen LogP contribution in [0.5, 0.6) is 0 Å². The normalized spacial score (nSPS) is 18.1. The summed E-state index contributed by atoms with van der Waals surface area (Å²) in [5.74, 6) is 0.608. The van der Waals surface area contributed by atoms with E-state index in [0.717, 1.165) is 18.8 Å². The molecule has 0 fully saturated rings. The Morgan fingerprint density at radius 3 is 2.85 bits per heavy atom. The third-order valence-electron chi connectivity index (χ3n) is 3.54. The summed E-state index contributed by atoms with van der Waals surface area (Å²) >= 11 is 1.61. The summed E-state index contributed by atoms with van der Waals surface area (Å²) in [6.07, 6.45) is 5.90. The van der Waals surface area contributed by atoms with Gasteiger partial charge in [-0.3, -0.25) is 4.79 Å². The average molecular weight is 318 g/mol. The first-order valence-electron chi connectivity index (χ1n) is 6.99. The lowest BCUT2D eigenvalue weighted by molar-refractivity contribution is -0.120. The van der Waals surface area contributed by atoms with Crippen molar-refractivity contribution in [2.24, 2.45) is 11.7 Å². The molecule has 0 saturated carbocycles. The van der Waals surface area contributed by atoms with E-state index in [4.69, 9.17) is 5.73 Å². The number of hydrogen-bond acceptors (Lipinski definition) is 4. The number of nitrogens with two attached hydrogens (primary N) is 1. The molecular formula is C14H24ClN3OS. The monoisotopic (exact) mass is 317 g/mol. The maximum Gasteiger partial charge on any atom is 0.245 e. The van der Waals surface area contributed by atoms with Crippen molar-refractivity contribution in [3.8, 4) is 0 Å². The van der Waals surface area contributed by atoms with Gasteiger partial charge in [0.2, 0.25) is 5.91 Å². The molecule has 1 amide bonds. The third kappa shape index (κ3) is 4.17. The van der Waals surface area contributed by atoms with Crippen molar-refractivity contribution >= 4 is 34.8 Å². The molecule has 1 aliphatic carbocycles. The molecule has 114 valence electrons. The van der Waals surface area contributed by atoms with Gasteiger partial charge in [0.15, 0.2) is 5.13 Å². The summed E-state index contributed by atoms with van der Waals surface area (Å²) in [7, 11) is 0. The van der Waals surface area contributed by atoms with Crippen LogP contribution >= 0.6 is 23.7 Å². The summed E-state index contributed by atoms with van der Waals surface area (Å²) in [6, 6.07) is 0. The maximum atomic E-state index is 11.8. The molecule has 0 spiro atoms. The maximum absolute atomic E-state index is 11.8. The Bertz CT molecular complexity index is 467. The number of hydrogen-bond donors (Lipinski definition) is 2. The van der Waals surface area contributed by atoms with Crippen LogP contribution in [-0.4, -0.2) is 16.4 Å². The van der Waals surface area contributed by atoms with E-state index in [1.165, 1.54) is 29.8 Å². The van der Waals surface area contributed by atoms with E-state index in [2.05, 4.69) is 17.2 Å². The van der Waals surface area contributed by atoms with E-state index in [-0.39, 0.29) is 18.3 Å². The molecule has 1 aromatic heterocycles. The van der Waals surface area contributed by atoms with Crippen LogP contribution < -0.4 is 11.1 Å². The molecule has 0 saturated heterocycles. The minimum atomic E-state index is -0.864. The Kier molecular flexibility index (Phi) is 5.98. The summed E-state index contributed by atoms with van der Waals surface area (Å²) in [5, 5.41) is 3.53. The van der Waals surface area contributed by atoms with Gasteiger partial charge in [-0.15, -0.1) is 23.7 Å². The largest absolute Gasteiger partial charge is 0.318 e. The lowest BCUT2D eigenvalue weighted by Crippen LogP contribution is -2.45. The van der Waals surface area contributed by atoms with Crippen LogP contribution in [0.3, 0.4) is 0 Å². The molecule has 1 aromatic rings. The van der Waals surface area contributed by atoms with Gasteiger partial charge < -0.3 is 11.1 Å². The highest BCUT2D eigenvalue weighted by Gasteiger charge is 2.26. The van der Waals surface area contributed by atoms with Crippen molar-refractivity contribution in [2.75, 3.05) is 5.32 Å². The Labute approximate surface area is 131 Å². The van der Waals surface area contributed by atoms with Crippen molar-refractivity contribution < 1.29 is 4.79 Å². The molecule has 1 heterocycles. The van der Waals surface area contributed by atoms with Crippen LogP contribution in [0.25, 0.3) is 0 Å². The van der Waals surface area contributed by atoms with E-state index in [9.17, 15) is 4.79 Å². The molecule has 1 aliphatic rings. The zero-order valence-corrected chi connectivity index (χ0v) is 14.0. The lowest BCUT2D eigenvalue weighted by Gasteiger charge is -2.19. The number of anilines is 1. The van der Waals surface area contributed by atoms with Crippen LogP contribution in [0.15, 0.2) is 0 Å². The predicted octanol–water partition coefficient (Wildman–Crippen LogP) is 3.15. The Morgan fingerprint density at radius 1 is 1.55 bits per heavy atom. The van der Waals surface area contributed by atoms with Gasteiger partial charge in [-0.25, -0.2) is 4.98 Å². The van der Waals surface area contributed by atoms with Crippen LogP contribution in [0.4, 0.5) is 5.13 Å². The second kappa shape index (κ2) is 6.87. The standard InChI is InChI=1S/C14H23N3OS.ClH/c1-4-5-9-6-7-10-11(8-9)19-13(16-10)17-12(18)14(2,3)15;/h9H,4-8,15H2,1-3H3,(H,16,17,18);1H. The molecule has 0 aromatic carbocycles. The highest BCUT2D eigenvalue weighted by Crippen LogP contribution is 2.34. The number of nitrogens with zero attached hydrogens (tertiary/aromatic N) is 1. The van der Waals surface area contributed by atoms with Gasteiger partial charge in [-0.1, -0.05) is 19.8 Å². The smallest absolute Gasteiger partial charge is 0.245 e. The molecule has 1 unspecified atom stereocenters. The molecule has 1 atom stereocenters. The second-order valence-corrected chi connectivity index (χ2v) is 7.05. The van der Waals surface area contributed by atoms with E-state index in [0.29, 0.717) is 5.13 Å². The average Bonchev–Trinajstić information content (AvgIpc) is 2.69. The molecule has 4 nitrogen and oxygen atoms in total. The second-order valence-electron chi connectivity index (χ2n) is 5.96. The van der Waals surface area contributed by atoms with Crippen molar-refractivity contribution in [1.82, 2.24) is 4.98 Å². The van der Waals surface area contributed by atoms with Gasteiger partial charge in [0.1, 0.15) is 0 Å². The number of aryl methyl sites for hydroxylation is 1. The van der Waals surface area contributed by atoms with Gasteiger partial charge in [0.05, 0.1) is 11.2 Å². The van der Waals surface area contributed by atoms with Crippen molar-refractivity contribution in [1.29, 1.82) is 0 Å². The number of rotatable bonds is 4. The number of halogens is 1. The minimum absolute atomic E-state index is 0. The minimum Gasteiger partial charge on any atom is -0.318 e. The van der Waals surface area contributed by atoms with Crippen LogP contribution in [-0.2, 0) is 17.6 Å². The van der Waals surface area contributed by atoms with Crippen molar-refractivity contribution in [2.45, 2.75) is 58.4 Å². The highest BCUT2D eigenvalue weighted by atomic mass is 35.5. The number of amides is 1. The number of aromatic nitrogens is 1. The van der Waals surface area contributed by atoms with Gasteiger partial charge in [0, 0.05) is 4.88 Å². The summed E-state index contributed by atoms with van der Waals surface area (Å²) < 4.78 is 0. The van der Waals surface area contributed by atoms with Crippen LogP contribution in [0, 0.1) is 5.92 Å². The molecule has 0 radical (unpaired) electrons. The van der Waals surface area contributed by atoms with Gasteiger partial charge in [0.25, 0.3) is 0 Å². The number of carbonyl (C=O) groups excluding carboxylic acids is 1. The third-order valence-corrected chi connectivity index (χ3v) is 4.58. The number of carbonyl (C=O) groups is 1. The van der Waals surface area contributed by atoms with E-state index < -0.39 is 5.54 Å². The van der Waals surface area contributed by atoms with Crippen LogP contribution in [0.1, 0.15) is 50.6 Å². The van der Waals surface area contributed by atoms with Gasteiger partial charge in [-0.05, 0) is 39.0 Å². The Balaban J connectivity index is 0.00000200. The summed E-state index contributed by atoms with van der Waals surface area (Å²) in [4.78, 5) is 17.7. The molecule has 3 N–H and O–H groups in total. The fourth-order valence-electron chi connectivity index (χ4n) is 2.41. The first-order chi connectivity index (χ1) is 8.90. The van der Waals surface area contributed by atoms with E-state index >= 15 is 0 Å². The first-order valence-corrected chi connectivity index (χ1v) is 7.80. The Morgan fingerprint density at radius 2 is 2.25 bits per heavy atom. The molecule has 0 aliphatic heterocycles. The zero-order chi connectivity index (χ0) is 14.0. The molecule has 20 heavy (non-hydrogen) atoms. The van der Waals surface area contributed by atoms with E-state index in [1.54, 1.807) is 25.2 Å². The lowest BCUT2D eigenvalue weighted by atomic mass is 9.88. The number of thiazole rings is 1. The molecule has 0 bridgehead atoms. The van der Waals surface area contributed by atoms with E-state index in [1.807, 2.05) is 0 Å². The first kappa shape index (κ1) is 17.4.